The molecule has 2 aliphatic heterocycles. The second-order valence-corrected chi connectivity index (χ2v) is 101. The number of aliphatic hydroxyl groups excluding tert-OH is 3. The first-order valence-corrected chi connectivity index (χ1v) is 64.1. The van der Waals surface area contributed by atoms with E-state index in [0.717, 1.165) is 46.7 Å². The van der Waals surface area contributed by atoms with Crippen molar-refractivity contribution in [3.8, 4) is 34.0 Å². The summed E-state index contributed by atoms with van der Waals surface area (Å²) in [5.74, 6) is -0.828. The van der Waals surface area contributed by atoms with Gasteiger partial charge in [0.25, 0.3) is 0 Å². The first kappa shape index (κ1) is 89.2. The first-order chi connectivity index (χ1) is 40.9. The van der Waals surface area contributed by atoms with E-state index in [-0.39, 0.29) is 160 Å². The second kappa shape index (κ2) is 44.5. The maximum Gasteiger partial charge on any atom is 1.00 e. The summed E-state index contributed by atoms with van der Waals surface area (Å²) in [6.45, 7) is 6.13. The summed E-state index contributed by atoms with van der Waals surface area (Å²) >= 11 is 3.43. The Labute approximate surface area is 612 Å². The van der Waals surface area contributed by atoms with Gasteiger partial charge in [-0.2, -0.15) is 10.2 Å². The summed E-state index contributed by atoms with van der Waals surface area (Å²) < 4.78 is 8.57. The zero-order chi connectivity index (χ0) is 65.2. The molecule has 484 valence electrons. The van der Waals surface area contributed by atoms with Crippen LogP contribution in [0.25, 0.3) is 22.5 Å². The molecule has 13 atom stereocenters. The molecule has 13 unspecified atom stereocenters. The van der Waals surface area contributed by atoms with Crippen LogP contribution < -0.4 is 68.0 Å². The molecule has 9 N–H and O–H groups in total. The van der Waals surface area contributed by atoms with E-state index in [9.17, 15) is 24.9 Å². The Morgan fingerprint density at radius 3 is 1.28 bits per heavy atom. The number of nitrogens with zero attached hydrogens (tertiary/aromatic N) is 6. The van der Waals surface area contributed by atoms with Gasteiger partial charge < -0.3 is 46.8 Å². The van der Waals surface area contributed by atoms with Crippen LogP contribution in [0.3, 0.4) is 0 Å². The van der Waals surface area contributed by atoms with Gasteiger partial charge >= 0.3 is 51.4 Å². The fraction of sp³-hybridized carbons (Fsp3) is 0.306. The van der Waals surface area contributed by atoms with E-state index in [1.54, 1.807) is 68.5 Å². The Morgan fingerprint density at radius 2 is 0.989 bits per heavy atom. The molecule has 8 rings (SSSR count). The predicted molar refractivity (Wildman–Crippen MR) is 438 cm³/mol. The van der Waals surface area contributed by atoms with Gasteiger partial charge in [-0.3, -0.25) is 28.9 Å². The van der Waals surface area contributed by atoms with Crippen LogP contribution in [-0.2, 0) is 43.6 Å². The summed E-state index contributed by atoms with van der Waals surface area (Å²) in [6, 6.07) is 25.8. The molecule has 0 bridgehead atoms. The smallest absolute Gasteiger partial charge is 0.850 e. The molecule has 0 fully saturated rings. The van der Waals surface area contributed by atoms with Gasteiger partial charge in [-0.05, 0) is 109 Å². The molecule has 2 aliphatic rings. The molecule has 0 saturated heterocycles. The molecule has 0 saturated carbocycles. The van der Waals surface area contributed by atoms with Crippen LogP contribution in [-0.4, -0.2) is 100 Å². The number of carbonyl (C=O) groups is 2. The molecule has 17 nitrogen and oxygen atoms in total. The number of nitrogens with two attached hydrogens (primary N) is 2. The summed E-state index contributed by atoms with van der Waals surface area (Å²) in [5.41, 5.74) is 21.3. The van der Waals surface area contributed by atoms with E-state index in [4.69, 9.17) is 31.5 Å². The van der Waals surface area contributed by atoms with Crippen LogP contribution in [0.1, 0.15) is 82.6 Å². The number of carbonyl (C=O) groups excluding carboxylic acids is 2. The van der Waals surface area contributed by atoms with E-state index >= 15 is 0 Å². The molecule has 89 heavy (non-hydrogen) atoms. The van der Waals surface area contributed by atoms with E-state index in [2.05, 4.69) is 134 Å². The van der Waals surface area contributed by atoms with E-state index < -0.39 is 17.4 Å². The number of halogens is 1. The summed E-state index contributed by atoms with van der Waals surface area (Å²) in [4.78, 5) is 32.0. The molecule has 4 aromatic carbocycles. The third kappa shape index (κ3) is 27.8. The standard InChI is InChI=1S/C22H22N4O4.C20H17BrN4O2.C4H9O.C2H6O2.CH4.K.H23P21/c1-26-20(18-10-15-6-7-16(22(23)29)11-17(15)24-18)21(28)19(25-26)14-4-2-13(3-5-14)12-30-9-8-27;1-25-18(16-8-13-6-7-14(20(22)27)9-15(13)23-16)19(26)17(24-25)12-4-2-11(10-21)3-5-12;1-4(2,3)5;3-1-2-4;;;1-12-18(13(2)3)21(19(14(4)5)15(6)7)20(16(8)9)17(10)11/h2-7,11,27-28H,8-10,12H2,1H3,(H2,23,29);2-7,9,26H,8,10H2,1H3,(H2,22,27);1-3H3;3-4H,1-2H2;1H4;;12H,1-11H2/q;;-1;;;+1;. The second-order valence-electron chi connectivity index (χ2n) is 19.2. The number of hydrogen-bond acceptors (Lipinski definition) is 13. The predicted octanol–water partition coefficient (Wildman–Crippen LogP) is 14.2. The number of aromatic nitrogens is 4. The molecule has 4 heterocycles. The van der Waals surface area contributed by atoms with Crippen molar-refractivity contribution >= 4 is 220 Å². The van der Waals surface area contributed by atoms with Crippen LogP contribution >= 0.6 is 185 Å². The molecule has 2 amide bonds. The maximum absolute atomic E-state index is 11.4. The SMILES string of the molecule is C.CC(C)(C)[O-].Cn1nc(-c2ccc(CBr)cc2)c(O)c1C1=Nc2cc(C(N)=O)ccc2C1.Cn1nc(-c2ccc(COCCO)cc2)c(O)c1C1=Nc2cc(C(N)=O)ccc2C1.OCCO.PPP(P(P)P)P(P(P(P)P)P(P)P)P(P(P)P)P(P)P.[K+]. The maximum atomic E-state index is 11.4. The fourth-order valence-corrected chi connectivity index (χ4v) is 260. The minimum absolute atomic E-state index is 0. The zero-order valence-corrected chi connectivity index (χ0v) is 75.7. The Hall–Kier alpha value is 4.13. The number of aryl methyl sites for hydroxylation is 2. The van der Waals surface area contributed by atoms with Gasteiger partial charge in [0.2, 0.25) is 11.8 Å². The van der Waals surface area contributed by atoms with Crippen molar-refractivity contribution in [2.75, 3.05) is 26.4 Å². The molecule has 0 radical (unpaired) electrons. The normalized spacial score (nSPS) is 12.8. The number of aromatic hydroxyl groups is 2. The number of rotatable bonds is 21. The van der Waals surface area contributed by atoms with Gasteiger partial charge in [0, 0.05) is 54.5 Å². The molecule has 2 aromatic heterocycles. The average Bonchev–Trinajstić information content (AvgIpc) is 2.37. The molecule has 0 aliphatic carbocycles. The van der Waals surface area contributed by atoms with Gasteiger partial charge in [-0.25, -0.2) is 0 Å². The molecular formula is C49H81BrKN8O9P21. The summed E-state index contributed by atoms with van der Waals surface area (Å²) in [7, 11) is 39.5. The summed E-state index contributed by atoms with van der Waals surface area (Å²) in [6.07, 6.45) is 1.09. The van der Waals surface area contributed by atoms with E-state index in [0.29, 0.717) is 76.1 Å². The average molecular weight is 1700 g/mol. The number of fused-ring (bicyclic) bond motifs is 2. The Bertz CT molecular complexity index is 3250. The van der Waals surface area contributed by atoms with Crippen LogP contribution in [0.5, 0.6) is 11.5 Å². The Morgan fingerprint density at radius 1 is 0.629 bits per heavy atom. The van der Waals surface area contributed by atoms with Gasteiger partial charge in [0.15, 0.2) is 11.5 Å². The molecular weight excluding hydrogens is 1610 g/mol. The van der Waals surface area contributed by atoms with Crippen molar-refractivity contribution in [3.05, 3.63) is 130 Å². The van der Waals surface area contributed by atoms with Crippen molar-refractivity contribution in [2.45, 2.75) is 58.6 Å². The monoisotopic (exact) mass is 1690 g/mol. The van der Waals surface area contributed by atoms with Crippen molar-refractivity contribution in [1.82, 2.24) is 19.6 Å². The molecule has 40 heteroatoms. The van der Waals surface area contributed by atoms with Crippen LogP contribution in [0.15, 0.2) is 94.9 Å². The van der Waals surface area contributed by atoms with Crippen molar-refractivity contribution < 1.29 is 96.3 Å². The van der Waals surface area contributed by atoms with Crippen molar-refractivity contribution in [3.63, 3.8) is 0 Å². The van der Waals surface area contributed by atoms with Crippen molar-refractivity contribution in [2.24, 2.45) is 35.5 Å². The number of hydrogen-bond donors (Lipinski definition) is 7. The summed E-state index contributed by atoms with van der Waals surface area (Å²) in [5, 5.41) is 65.6. The fourth-order valence-electron chi connectivity index (χ4n) is 7.81. The zero-order valence-electron chi connectivity index (χ0n) is 49.2. The molecule has 6 aromatic rings. The number of benzene rings is 4. The van der Waals surface area contributed by atoms with Gasteiger partial charge in [-0.1, -0.05) is 113 Å². The van der Waals surface area contributed by atoms with Gasteiger partial charge in [-0.15, -0.1) is 104 Å². The quantitative estimate of drug-likeness (QED) is 0.0154. The number of primary amides is 2. The number of aliphatic hydroxyl groups is 3. The first-order valence-electron chi connectivity index (χ1n) is 25.4. The third-order valence-electron chi connectivity index (χ3n) is 11.4. The van der Waals surface area contributed by atoms with E-state index in [1.807, 2.05) is 60.7 Å². The third-order valence-corrected chi connectivity index (χ3v) is 144. The Balaban J connectivity index is 0.000000426. The van der Waals surface area contributed by atoms with Gasteiger partial charge in [0.05, 0.1) is 55.8 Å². The van der Waals surface area contributed by atoms with Crippen LogP contribution in [0, 0.1) is 0 Å². The van der Waals surface area contributed by atoms with Crippen molar-refractivity contribution in [1.29, 1.82) is 0 Å². The minimum atomic E-state index is -0.750. The van der Waals surface area contributed by atoms with Crippen LogP contribution in [0.4, 0.5) is 11.4 Å². The number of aliphatic imine (C=N–C) groups is 2. The van der Waals surface area contributed by atoms with Crippen LogP contribution in [0.2, 0.25) is 0 Å². The largest absolute Gasteiger partial charge is 1.00 e. The minimum Gasteiger partial charge on any atom is -0.850 e. The number of ether oxygens (including phenoxy) is 1. The van der Waals surface area contributed by atoms with E-state index in [1.165, 1.54) is 0 Å². The topological polar surface area (TPSA) is 280 Å². The molecule has 0 spiro atoms. The Kier molecular flexibility index (Phi) is 44.6. The number of alkyl halides is 1. The van der Waals surface area contributed by atoms with Gasteiger partial charge in [0.1, 0.15) is 22.8 Å². The number of amides is 2.